The van der Waals surface area contributed by atoms with Crippen molar-refractivity contribution in [3.63, 3.8) is 0 Å². The highest BCUT2D eigenvalue weighted by molar-refractivity contribution is 6.15. The number of methoxy groups -OCH3 is 3. The highest BCUT2D eigenvalue weighted by atomic mass is 16.8. The molecule has 13 nitrogen and oxygen atoms in total. The quantitative estimate of drug-likeness (QED) is 0.447. The molecule has 0 fully saturated rings. The molecule has 156 valence electrons. The predicted molar refractivity (Wildman–Crippen MR) is 85.3 cm³/mol. The van der Waals surface area contributed by atoms with Crippen LogP contribution in [0.5, 0.6) is 0 Å². The number of Topliss-reactive ketones (excluding diaryl/α,β-unsaturated/α-hetero) is 1. The summed E-state index contributed by atoms with van der Waals surface area (Å²) in [6, 6.07) is 1.50. The third kappa shape index (κ3) is 5.22. The van der Waals surface area contributed by atoms with Crippen LogP contribution in [0.15, 0.2) is 22.9 Å². The van der Waals surface area contributed by atoms with Gasteiger partial charge in [-0.2, -0.15) is 5.26 Å². The smallest absolute Gasteiger partial charge is 0.465 e. The van der Waals surface area contributed by atoms with Crippen molar-refractivity contribution in [2.75, 3.05) is 27.9 Å². The zero-order chi connectivity index (χ0) is 22.1. The summed E-state index contributed by atoms with van der Waals surface area (Å²) in [6.45, 7) is 1.30. The standard InChI is InChI=1S/C16H15NO12/c1-5-26-13(19)7(6-17)8-9(18)11(28-15(21)24-3)12(29-16(22)25-4)10(8)27-14(20)23-2/h7H,5H2,1-4H3/t7-/m1/s1. The van der Waals surface area contributed by atoms with Gasteiger partial charge in [0.2, 0.25) is 17.3 Å². The first-order valence-corrected chi connectivity index (χ1v) is 7.62. The van der Waals surface area contributed by atoms with Crippen molar-refractivity contribution in [3.8, 4) is 6.07 Å². The van der Waals surface area contributed by atoms with E-state index in [0.717, 1.165) is 21.3 Å². The Morgan fingerprint density at radius 1 is 0.862 bits per heavy atom. The Morgan fingerprint density at radius 2 is 1.31 bits per heavy atom. The minimum absolute atomic E-state index is 0.143. The van der Waals surface area contributed by atoms with Gasteiger partial charge in [0.05, 0.1) is 39.6 Å². The van der Waals surface area contributed by atoms with Gasteiger partial charge in [-0.05, 0) is 6.92 Å². The first-order chi connectivity index (χ1) is 13.7. The number of hydrogen-bond donors (Lipinski definition) is 0. The van der Waals surface area contributed by atoms with Crippen LogP contribution in [-0.4, -0.2) is 58.2 Å². The van der Waals surface area contributed by atoms with Crippen molar-refractivity contribution in [2.45, 2.75) is 6.92 Å². The molecule has 0 aliphatic heterocycles. The lowest BCUT2D eigenvalue weighted by Gasteiger charge is -2.12. The maximum atomic E-state index is 12.8. The summed E-state index contributed by atoms with van der Waals surface area (Å²) in [4.78, 5) is 59.5. The molecule has 0 N–H and O–H groups in total. The van der Waals surface area contributed by atoms with Gasteiger partial charge in [0, 0.05) is 0 Å². The summed E-state index contributed by atoms with van der Waals surface area (Å²) >= 11 is 0. The molecular weight excluding hydrogens is 398 g/mol. The molecule has 1 atom stereocenters. The van der Waals surface area contributed by atoms with Crippen LogP contribution in [0.25, 0.3) is 0 Å². The van der Waals surface area contributed by atoms with E-state index in [-0.39, 0.29) is 6.61 Å². The first kappa shape index (κ1) is 23.0. The van der Waals surface area contributed by atoms with E-state index in [1.165, 1.54) is 13.0 Å². The van der Waals surface area contributed by atoms with Gasteiger partial charge in [0.1, 0.15) is 0 Å². The topological polar surface area (TPSA) is 174 Å². The van der Waals surface area contributed by atoms with Crippen molar-refractivity contribution in [2.24, 2.45) is 5.92 Å². The molecule has 1 rings (SSSR count). The number of carbonyl (C=O) groups is 5. The second-order valence-corrected chi connectivity index (χ2v) is 4.71. The first-order valence-electron chi connectivity index (χ1n) is 7.62. The lowest BCUT2D eigenvalue weighted by Crippen LogP contribution is -2.24. The summed E-state index contributed by atoms with van der Waals surface area (Å²) in [7, 11) is 2.76. The Balaban J connectivity index is 3.66. The maximum absolute atomic E-state index is 12.8. The molecule has 0 unspecified atom stereocenters. The highest BCUT2D eigenvalue weighted by Crippen LogP contribution is 2.37. The Hall–Kier alpha value is -4.08. The number of rotatable bonds is 6. The molecule has 29 heavy (non-hydrogen) atoms. The van der Waals surface area contributed by atoms with Crippen LogP contribution in [0.3, 0.4) is 0 Å². The molecule has 0 aromatic carbocycles. The number of esters is 1. The normalized spacial score (nSPS) is 13.8. The van der Waals surface area contributed by atoms with E-state index in [4.69, 9.17) is 14.2 Å². The minimum Gasteiger partial charge on any atom is -0.465 e. The zero-order valence-corrected chi connectivity index (χ0v) is 15.6. The van der Waals surface area contributed by atoms with Crippen LogP contribution in [0, 0.1) is 17.2 Å². The Kier molecular flexibility index (Phi) is 8.16. The molecule has 13 heteroatoms. The Bertz CT molecular complexity index is 831. The second-order valence-electron chi connectivity index (χ2n) is 4.71. The average molecular weight is 413 g/mol. The molecule has 0 spiro atoms. The third-order valence-corrected chi connectivity index (χ3v) is 3.10. The minimum atomic E-state index is -1.93. The van der Waals surface area contributed by atoms with E-state index in [1.807, 2.05) is 0 Å². The number of ether oxygens (including phenoxy) is 7. The van der Waals surface area contributed by atoms with Gasteiger partial charge in [-0.1, -0.05) is 0 Å². The largest absolute Gasteiger partial charge is 0.513 e. The monoisotopic (exact) mass is 413 g/mol. The molecule has 1 aliphatic carbocycles. The lowest BCUT2D eigenvalue weighted by atomic mass is 9.98. The van der Waals surface area contributed by atoms with Gasteiger partial charge in [-0.25, -0.2) is 14.4 Å². The van der Waals surface area contributed by atoms with Gasteiger partial charge in [0.25, 0.3) is 0 Å². The van der Waals surface area contributed by atoms with Crippen molar-refractivity contribution >= 4 is 30.2 Å². The molecule has 0 aromatic rings. The fraction of sp³-hybridized carbons (Fsp3) is 0.375. The molecule has 0 radical (unpaired) electrons. The van der Waals surface area contributed by atoms with Crippen LogP contribution < -0.4 is 0 Å². The van der Waals surface area contributed by atoms with E-state index in [0.29, 0.717) is 0 Å². The van der Waals surface area contributed by atoms with Gasteiger partial charge in [-0.3, -0.25) is 9.59 Å². The van der Waals surface area contributed by atoms with Crippen LogP contribution >= 0.6 is 0 Å². The summed E-state index contributed by atoms with van der Waals surface area (Å²) in [5, 5.41) is 9.35. The summed E-state index contributed by atoms with van der Waals surface area (Å²) in [5.41, 5.74) is -0.797. The van der Waals surface area contributed by atoms with Crippen molar-refractivity contribution < 1.29 is 57.1 Å². The number of nitrogens with zero attached hydrogens (tertiary/aromatic N) is 1. The van der Waals surface area contributed by atoms with Crippen molar-refractivity contribution in [1.82, 2.24) is 0 Å². The molecular formula is C16H15NO12. The maximum Gasteiger partial charge on any atom is 0.513 e. The van der Waals surface area contributed by atoms with Crippen LogP contribution in [0.4, 0.5) is 14.4 Å². The molecule has 0 saturated carbocycles. The zero-order valence-electron chi connectivity index (χ0n) is 15.6. The van der Waals surface area contributed by atoms with Gasteiger partial charge < -0.3 is 33.2 Å². The van der Waals surface area contributed by atoms with Crippen molar-refractivity contribution in [1.29, 1.82) is 5.26 Å². The molecule has 0 amide bonds. The highest BCUT2D eigenvalue weighted by Gasteiger charge is 2.47. The fourth-order valence-electron chi connectivity index (χ4n) is 1.94. The number of allylic oxidation sites excluding steroid dienone is 1. The molecule has 0 saturated heterocycles. The predicted octanol–water partition coefficient (Wildman–Crippen LogP) is 1.09. The fourth-order valence-corrected chi connectivity index (χ4v) is 1.94. The molecule has 1 aliphatic rings. The average Bonchev–Trinajstić information content (AvgIpc) is 2.94. The second kappa shape index (κ2) is 10.3. The van der Waals surface area contributed by atoms with E-state index in [9.17, 15) is 29.2 Å². The number of nitriles is 1. The molecule has 0 bridgehead atoms. The Morgan fingerprint density at radius 3 is 1.72 bits per heavy atom. The van der Waals surface area contributed by atoms with Crippen LogP contribution in [-0.2, 0) is 42.7 Å². The summed E-state index contributed by atoms with van der Waals surface area (Å²) in [6.07, 6.45) is -4.23. The van der Waals surface area contributed by atoms with Gasteiger partial charge in [-0.15, -0.1) is 0 Å². The van der Waals surface area contributed by atoms with E-state index < -0.39 is 59.0 Å². The van der Waals surface area contributed by atoms with Crippen LogP contribution in [0.2, 0.25) is 0 Å². The van der Waals surface area contributed by atoms with E-state index in [1.54, 1.807) is 0 Å². The van der Waals surface area contributed by atoms with Gasteiger partial charge >= 0.3 is 24.4 Å². The summed E-state index contributed by atoms with van der Waals surface area (Å²) in [5.74, 6) is -7.20. The van der Waals surface area contributed by atoms with Gasteiger partial charge in [0.15, 0.2) is 11.7 Å². The SMILES string of the molecule is CCOC(=O)[C@H](C#N)C1=C(OC(=O)OC)C(OC(=O)OC)=C(OC(=O)OC)C1=O. The number of hydrogen-bond acceptors (Lipinski definition) is 13. The third-order valence-electron chi connectivity index (χ3n) is 3.10. The Labute approximate surface area is 163 Å². The molecule has 0 aromatic heterocycles. The number of ketones is 1. The van der Waals surface area contributed by atoms with E-state index in [2.05, 4.69) is 18.9 Å². The summed E-state index contributed by atoms with van der Waals surface area (Å²) < 4.78 is 31.7. The van der Waals surface area contributed by atoms with Crippen molar-refractivity contribution in [3.05, 3.63) is 22.9 Å². The molecule has 0 heterocycles. The number of carbonyl (C=O) groups excluding carboxylic acids is 5. The van der Waals surface area contributed by atoms with E-state index >= 15 is 0 Å². The van der Waals surface area contributed by atoms with Crippen LogP contribution in [0.1, 0.15) is 6.92 Å². The lowest BCUT2D eigenvalue weighted by molar-refractivity contribution is -0.145.